The number of nitrogens with one attached hydrogen (secondary N) is 1. The smallest absolute Gasteiger partial charge is 0.258 e. The second-order valence-electron chi connectivity index (χ2n) is 5.19. The SMILES string of the molecule is Cc1ccc(OCCNC(=O)COc2ccccc2Cl)c(C)c1. The van der Waals surface area contributed by atoms with Crippen molar-refractivity contribution in [3.05, 3.63) is 58.6 Å². The van der Waals surface area contributed by atoms with Crippen LogP contribution >= 0.6 is 11.6 Å². The average molecular weight is 334 g/mol. The molecule has 2 aromatic rings. The summed E-state index contributed by atoms with van der Waals surface area (Å²) in [4.78, 5) is 11.7. The summed E-state index contributed by atoms with van der Waals surface area (Å²) in [5, 5.41) is 3.23. The maximum absolute atomic E-state index is 11.7. The lowest BCUT2D eigenvalue weighted by atomic mass is 10.1. The zero-order chi connectivity index (χ0) is 16.7. The Labute approximate surface area is 141 Å². The summed E-state index contributed by atoms with van der Waals surface area (Å²) in [6, 6.07) is 13.0. The summed E-state index contributed by atoms with van der Waals surface area (Å²) in [5.74, 6) is 1.11. The first-order valence-electron chi connectivity index (χ1n) is 7.40. The molecule has 0 saturated heterocycles. The molecule has 1 amide bonds. The summed E-state index contributed by atoms with van der Waals surface area (Å²) >= 11 is 5.95. The highest BCUT2D eigenvalue weighted by atomic mass is 35.5. The number of para-hydroxylation sites is 1. The van der Waals surface area contributed by atoms with Gasteiger partial charge in [-0.2, -0.15) is 0 Å². The molecule has 4 nitrogen and oxygen atoms in total. The molecule has 0 atom stereocenters. The van der Waals surface area contributed by atoms with Crippen molar-refractivity contribution >= 4 is 17.5 Å². The van der Waals surface area contributed by atoms with Gasteiger partial charge in [0.1, 0.15) is 18.1 Å². The Balaban J connectivity index is 1.68. The van der Waals surface area contributed by atoms with Gasteiger partial charge < -0.3 is 14.8 Å². The number of halogens is 1. The van der Waals surface area contributed by atoms with Gasteiger partial charge in [-0.3, -0.25) is 4.79 Å². The van der Waals surface area contributed by atoms with Crippen molar-refractivity contribution in [1.29, 1.82) is 0 Å². The molecule has 0 radical (unpaired) electrons. The lowest BCUT2D eigenvalue weighted by molar-refractivity contribution is -0.123. The molecule has 0 fully saturated rings. The number of benzene rings is 2. The van der Waals surface area contributed by atoms with Gasteiger partial charge in [0.15, 0.2) is 6.61 Å². The lowest BCUT2D eigenvalue weighted by Gasteiger charge is -2.11. The van der Waals surface area contributed by atoms with E-state index in [1.54, 1.807) is 24.3 Å². The number of aryl methyl sites for hydroxylation is 2. The van der Waals surface area contributed by atoms with Gasteiger partial charge in [0.2, 0.25) is 0 Å². The number of hydrogen-bond donors (Lipinski definition) is 1. The molecule has 0 aliphatic heterocycles. The van der Waals surface area contributed by atoms with Crippen LogP contribution in [-0.2, 0) is 4.79 Å². The number of rotatable bonds is 7. The fraction of sp³-hybridized carbons (Fsp3) is 0.278. The van der Waals surface area contributed by atoms with Crippen molar-refractivity contribution in [3.8, 4) is 11.5 Å². The van der Waals surface area contributed by atoms with Crippen LogP contribution in [-0.4, -0.2) is 25.7 Å². The molecule has 2 rings (SSSR count). The monoisotopic (exact) mass is 333 g/mol. The van der Waals surface area contributed by atoms with Gasteiger partial charge in [0.05, 0.1) is 11.6 Å². The molecule has 0 aliphatic rings. The number of hydrogen-bond acceptors (Lipinski definition) is 3. The lowest BCUT2D eigenvalue weighted by Crippen LogP contribution is -2.32. The predicted octanol–water partition coefficient (Wildman–Crippen LogP) is 3.53. The van der Waals surface area contributed by atoms with Crippen LogP contribution in [0.2, 0.25) is 5.02 Å². The number of carbonyl (C=O) groups excluding carboxylic acids is 1. The van der Waals surface area contributed by atoms with Crippen LogP contribution in [0.5, 0.6) is 11.5 Å². The van der Waals surface area contributed by atoms with Gasteiger partial charge >= 0.3 is 0 Å². The second-order valence-corrected chi connectivity index (χ2v) is 5.59. The fourth-order valence-corrected chi connectivity index (χ4v) is 2.26. The summed E-state index contributed by atoms with van der Waals surface area (Å²) in [5.41, 5.74) is 2.28. The summed E-state index contributed by atoms with van der Waals surface area (Å²) in [6.07, 6.45) is 0. The Hall–Kier alpha value is -2.20. The third kappa shape index (κ3) is 5.49. The maximum Gasteiger partial charge on any atom is 0.258 e. The van der Waals surface area contributed by atoms with E-state index >= 15 is 0 Å². The maximum atomic E-state index is 11.7. The van der Waals surface area contributed by atoms with Gasteiger partial charge in [0, 0.05) is 0 Å². The van der Waals surface area contributed by atoms with E-state index < -0.39 is 0 Å². The molecule has 0 unspecified atom stereocenters. The van der Waals surface area contributed by atoms with E-state index in [4.69, 9.17) is 21.1 Å². The van der Waals surface area contributed by atoms with Crippen LogP contribution in [0.25, 0.3) is 0 Å². The highest BCUT2D eigenvalue weighted by Gasteiger charge is 2.05. The number of amides is 1. The van der Waals surface area contributed by atoms with E-state index in [1.165, 1.54) is 5.56 Å². The largest absolute Gasteiger partial charge is 0.491 e. The Morgan fingerprint density at radius 3 is 2.61 bits per heavy atom. The first kappa shape index (κ1) is 17.2. The summed E-state index contributed by atoms with van der Waals surface area (Å²) in [6.45, 7) is 4.78. The number of ether oxygens (including phenoxy) is 2. The van der Waals surface area contributed by atoms with Gasteiger partial charge in [-0.05, 0) is 37.6 Å². The van der Waals surface area contributed by atoms with Crippen LogP contribution in [0.15, 0.2) is 42.5 Å². The minimum Gasteiger partial charge on any atom is -0.491 e. The van der Waals surface area contributed by atoms with Crippen molar-refractivity contribution in [2.45, 2.75) is 13.8 Å². The molecule has 1 N–H and O–H groups in total. The van der Waals surface area contributed by atoms with Gasteiger partial charge in [-0.25, -0.2) is 0 Å². The third-order valence-corrected chi connectivity index (χ3v) is 3.52. The fourth-order valence-electron chi connectivity index (χ4n) is 2.07. The molecule has 0 aromatic heterocycles. The van der Waals surface area contributed by atoms with E-state index in [1.807, 2.05) is 26.0 Å². The topological polar surface area (TPSA) is 47.6 Å². The minimum atomic E-state index is -0.214. The molecular weight excluding hydrogens is 314 g/mol. The predicted molar refractivity (Wildman–Crippen MR) is 91.4 cm³/mol. The van der Waals surface area contributed by atoms with Crippen molar-refractivity contribution in [2.24, 2.45) is 0 Å². The van der Waals surface area contributed by atoms with E-state index in [2.05, 4.69) is 11.4 Å². The van der Waals surface area contributed by atoms with E-state index in [0.717, 1.165) is 11.3 Å². The van der Waals surface area contributed by atoms with E-state index in [9.17, 15) is 4.79 Å². The van der Waals surface area contributed by atoms with Crippen molar-refractivity contribution in [3.63, 3.8) is 0 Å². The molecule has 0 heterocycles. The summed E-state index contributed by atoms with van der Waals surface area (Å²) in [7, 11) is 0. The van der Waals surface area contributed by atoms with Crippen LogP contribution in [0.1, 0.15) is 11.1 Å². The number of carbonyl (C=O) groups is 1. The molecular formula is C18H20ClNO3. The quantitative estimate of drug-likeness (QED) is 0.788. The van der Waals surface area contributed by atoms with Gasteiger partial charge in [-0.1, -0.05) is 41.4 Å². The third-order valence-electron chi connectivity index (χ3n) is 3.21. The van der Waals surface area contributed by atoms with Crippen molar-refractivity contribution in [1.82, 2.24) is 5.32 Å². The Bertz CT molecular complexity index is 673. The normalized spacial score (nSPS) is 10.2. The Kier molecular flexibility index (Phi) is 6.29. The zero-order valence-electron chi connectivity index (χ0n) is 13.3. The molecule has 23 heavy (non-hydrogen) atoms. The highest BCUT2D eigenvalue weighted by Crippen LogP contribution is 2.22. The second kappa shape index (κ2) is 8.44. The average Bonchev–Trinajstić information content (AvgIpc) is 2.52. The minimum absolute atomic E-state index is 0.0761. The molecule has 0 saturated carbocycles. The van der Waals surface area contributed by atoms with Crippen LogP contribution in [0.4, 0.5) is 0 Å². The van der Waals surface area contributed by atoms with Gasteiger partial charge in [0.25, 0.3) is 5.91 Å². The first-order chi connectivity index (χ1) is 11.1. The first-order valence-corrected chi connectivity index (χ1v) is 7.78. The van der Waals surface area contributed by atoms with Crippen LogP contribution in [0.3, 0.4) is 0 Å². The van der Waals surface area contributed by atoms with E-state index in [0.29, 0.717) is 23.9 Å². The molecule has 0 aliphatic carbocycles. The van der Waals surface area contributed by atoms with Crippen LogP contribution < -0.4 is 14.8 Å². The standard InChI is InChI=1S/C18H20ClNO3/c1-13-7-8-16(14(2)11-13)22-10-9-20-18(21)12-23-17-6-4-3-5-15(17)19/h3-8,11H,9-10,12H2,1-2H3,(H,20,21). The van der Waals surface area contributed by atoms with E-state index in [-0.39, 0.29) is 12.5 Å². The molecule has 0 bridgehead atoms. The molecule has 2 aromatic carbocycles. The molecule has 5 heteroatoms. The van der Waals surface area contributed by atoms with Crippen molar-refractivity contribution in [2.75, 3.05) is 19.8 Å². The Morgan fingerprint density at radius 1 is 1.09 bits per heavy atom. The van der Waals surface area contributed by atoms with Gasteiger partial charge in [-0.15, -0.1) is 0 Å². The highest BCUT2D eigenvalue weighted by molar-refractivity contribution is 6.32. The summed E-state index contributed by atoms with van der Waals surface area (Å²) < 4.78 is 11.0. The molecule has 122 valence electrons. The zero-order valence-corrected chi connectivity index (χ0v) is 14.0. The molecule has 0 spiro atoms. The van der Waals surface area contributed by atoms with Crippen LogP contribution in [0, 0.1) is 13.8 Å². The van der Waals surface area contributed by atoms with Crippen molar-refractivity contribution < 1.29 is 14.3 Å². The Morgan fingerprint density at radius 2 is 1.87 bits per heavy atom.